The Labute approximate surface area is 129 Å². The van der Waals surface area contributed by atoms with E-state index in [1.54, 1.807) is 0 Å². The topological polar surface area (TPSA) is 29.9 Å². The Bertz CT molecular complexity index is 419. The van der Waals surface area contributed by atoms with Gasteiger partial charge in [-0.25, -0.2) is 0 Å². The zero-order valence-electron chi connectivity index (χ0n) is 12.1. The van der Waals surface area contributed by atoms with Crippen molar-refractivity contribution in [2.24, 2.45) is 0 Å². The van der Waals surface area contributed by atoms with E-state index in [0.29, 0.717) is 6.04 Å². The van der Waals surface area contributed by atoms with Gasteiger partial charge in [-0.3, -0.25) is 4.68 Å². The highest BCUT2D eigenvalue weighted by atomic mass is 79.9. The lowest BCUT2D eigenvalue weighted by Crippen LogP contribution is -2.34. The van der Waals surface area contributed by atoms with Crippen LogP contribution in [0.2, 0.25) is 0 Å². The standard InChI is InChI=1S/C14H24BrN3S/c1-4-18-12(14(15)10(3)17-18)9-16-11-7-6-8-13(11)19-5-2/h11,13,16H,4-9H2,1-3H3. The molecule has 1 fully saturated rings. The highest BCUT2D eigenvalue weighted by molar-refractivity contribution is 9.10. The molecule has 5 heteroatoms. The molecule has 1 saturated carbocycles. The van der Waals surface area contributed by atoms with Gasteiger partial charge in [-0.15, -0.1) is 0 Å². The smallest absolute Gasteiger partial charge is 0.0739 e. The summed E-state index contributed by atoms with van der Waals surface area (Å²) in [5.74, 6) is 1.22. The van der Waals surface area contributed by atoms with Crippen LogP contribution in [0.15, 0.2) is 4.47 Å². The minimum atomic E-state index is 0.664. The number of hydrogen-bond acceptors (Lipinski definition) is 3. The summed E-state index contributed by atoms with van der Waals surface area (Å²) in [5, 5.41) is 9.10. The number of thioether (sulfide) groups is 1. The molecule has 0 radical (unpaired) electrons. The van der Waals surface area contributed by atoms with Crippen molar-refractivity contribution >= 4 is 27.7 Å². The molecule has 1 aliphatic carbocycles. The summed E-state index contributed by atoms with van der Waals surface area (Å²) >= 11 is 5.77. The fourth-order valence-corrected chi connectivity index (χ4v) is 4.49. The van der Waals surface area contributed by atoms with Gasteiger partial charge in [0.25, 0.3) is 0 Å². The summed E-state index contributed by atoms with van der Waals surface area (Å²) in [7, 11) is 0. The van der Waals surface area contributed by atoms with Crippen LogP contribution in [0.3, 0.4) is 0 Å². The van der Waals surface area contributed by atoms with Gasteiger partial charge in [0.2, 0.25) is 0 Å². The number of rotatable bonds is 6. The molecule has 19 heavy (non-hydrogen) atoms. The van der Waals surface area contributed by atoms with Crippen molar-refractivity contribution in [2.45, 2.75) is 64.4 Å². The molecular weight excluding hydrogens is 322 g/mol. The Morgan fingerprint density at radius 1 is 1.42 bits per heavy atom. The van der Waals surface area contributed by atoms with Crippen LogP contribution in [0.1, 0.15) is 44.5 Å². The SMILES string of the molecule is CCSC1CCCC1NCc1c(Br)c(C)nn1CC. The molecule has 1 N–H and O–H groups in total. The summed E-state index contributed by atoms with van der Waals surface area (Å²) in [6, 6.07) is 0.664. The number of nitrogens with zero attached hydrogens (tertiary/aromatic N) is 2. The van der Waals surface area contributed by atoms with Crippen LogP contribution in [0.25, 0.3) is 0 Å². The number of aromatic nitrogens is 2. The van der Waals surface area contributed by atoms with Crippen LogP contribution in [-0.4, -0.2) is 26.8 Å². The van der Waals surface area contributed by atoms with Gasteiger partial charge in [0.1, 0.15) is 0 Å². The maximum Gasteiger partial charge on any atom is 0.0739 e. The maximum atomic E-state index is 4.55. The highest BCUT2D eigenvalue weighted by Crippen LogP contribution is 2.30. The average Bonchev–Trinajstić information content (AvgIpc) is 2.94. The normalized spacial score (nSPS) is 23.2. The number of hydrogen-bond donors (Lipinski definition) is 1. The molecular formula is C14H24BrN3S. The number of nitrogens with one attached hydrogen (secondary N) is 1. The van der Waals surface area contributed by atoms with Gasteiger partial charge in [-0.05, 0) is 48.4 Å². The molecule has 2 atom stereocenters. The van der Waals surface area contributed by atoms with Crippen LogP contribution < -0.4 is 5.32 Å². The van der Waals surface area contributed by atoms with Crippen LogP contribution in [0.5, 0.6) is 0 Å². The molecule has 1 aromatic heterocycles. The Morgan fingerprint density at radius 2 is 2.21 bits per heavy atom. The molecule has 2 rings (SSSR count). The third-order valence-corrected chi connectivity index (χ3v) is 6.18. The zero-order chi connectivity index (χ0) is 13.8. The quantitative estimate of drug-likeness (QED) is 0.851. The first-order chi connectivity index (χ1) is 9.17. The van der Waals surface area contributed by atoms with Crippen molar-refractivity contribution in [3.8, 4) is 0 Å². The van der Waals surface area contributed by atoms with Gasteiger partial charge < -0.3 is 5.32 Å². The minimum absolute atomic E-state index is 0.664. The molecule has 0 aromatic carbocycles. The van der Waals surface area contributed by atoms with E-state index in [0.717, 1.165) is 24.0 Å². The molecule has 0 amide bonds. The Balaban J connectivity index is 1.98. The van der Waals surface area contributed by atoms with Gasteiger partial charge in [0.15, 0.2) is 0 Å². The second-order valence-corrected chi connectivity index (χ2v) is 7.38. The van der Waals surface area contributed by atoms with E-state index >= 15 is 0 Å². The van der Waals surface area contributed by atoms with Gasteiger partial charge in [0.05, 0.1) is 15.9 Å². The van der Waals surface area contributed by atoms with Crippen LogP contribution >= 0.6 is 27.7 Å². The summed E-state index contributed by atoms with van der Waals surface area (Å²) in [6.07, 6.45) is 4.04. The second kappa shape index (κ2) is 7.14. The van der Waals surface area contributed by atoms with E-state index in [-0.39, 0.29) is 0 Å². The molecule has 108 valence electrons. The molecule has 0 spiro atoms. The van der Waals surface area contributed by atoms with E-state index in [1.165, 1.54) is 35.2 Å². The maximum absolute atomic E-state index is 4.55. The molecule has 2 unspecified atom stereocenters. The highest BCUT2D eigenvalue weighted by Gasteiger charge is 2.27. The molecule has 3 nitrogen and oxygen atoms in total. The van der Waals surface area contributed by atoms with Crippen LogP contribution in [-0.2, 0) is 13.1 Å². The monoisotopic (exact) mass is 345 g/mol. The van der Waals surface area contributed by atoms with Crippen molar-refractivity contribution in [2.75, 3.05) is 5.75 Å². The molecule has 0 saturated heterocycles. The van der Waals surface area contributed by atoms with Crippen LogP contribution in [0.4, 0.5) is 0 Å². The minimum Gasteiger partial charge on any atom is -0.307 e. The lowest BCUT2D eigenvalue weighted by Gasteiger charge is -2.20. The largest absolute Gasteiger partial charge is 0.307 e. The number of aryl methyl sites for hydroxylation is 2. The van der Waals surface area contributed by atoms with Gasteiger partial charge in [0, 0.05) is 24.4 Å². The summed E-state index contributed by atoms with van der Waals surface area (Å²) in [5.41, 5.74) is 2.37. The van der Waals surface area contributed by atoms with Crippen molar-refractivity contribution in [1.29, 1.82) is 0 Å². The molecule has 1 heterocycles. The first-order valence-corrected chi connectivity index (χ1v) is 9.08. The lowest BCUT2D eigenvalue weighted by molar-refractivity contribution is 0.503. The van der Waals surface area contributed by atoms with Gasteiger partial charge in [-0.2, -0.15) is 16.9 Å². The third kappa shape index (κ3) is 3.56. The predicted molar refractivity (Wildman–Crippen MR) is 86.7 cm³/mol. The summed E-state index contributed by atoms with van der Waals surface area (Å²) in [4.78, 5) is 0. The van der Waals surface area contributed by atoms with Crippen molar-refractivity contribution in [1.82, 2.24) is 15.1 Å². The van der Waals surface area contributed by atoms with E-state index in [4.69, 9.17) is 0 Å². The summed E-state index contributed by atoms with van der Waals surface area (Å²) < 4.78 is 3.27. The zero-order valence-corrected chi connectivity index (χ0v) is 14.5. The van der Waals surface area contributed by atoms with Gasteiger partial charge >= 0.3 is 0 Å². The van der Waals surface area contributed by atoms with Gasteiger partial charge in [-0.1, -0.05) is 13.3 Å². The number of halogens is 1. The first kappa shape index (κ1) is 15.4. The second-order valence-electron chi connectivity index (χ2n) is 5.07. The summed E-state index contributed by atoms with van der Waals surface area (Å²) in [6.45, 7) is 8.31. The predicted octanol–water partition coefficient (Wildman–Crippen LogP) is 3.74. The van der Waals surface area contributed by atoms with Crippen molar-refractivity contribution in [3.05, 3.63) is 15.9 Å². The Morgan fingerprint density at radius 3 is 2.89 bits per heavy atom. The van der Waals surface area contributed by atoms with E-state index < -0.39 is 0 Å². The van der Waals surface area contributed by atoms with E-state index in [9.17, 15) is 0 Å². The van der Waals surface area contributed by atoms with Crippen molar-refractivity contribution in [3.63, 3.8) is 0 Å². The van der Waals surface area contributed by atoms with Crippen molar-refractivity contribution < 1.29 is 0 Å². The molecule has 0 bridgehead atoms. The fourth-order valence-electron chi connectivity index (χ4n) is 2.84. The molecule has 0 aliphatic heterocycles. The molecule has 1 aromatic rings. The Hall–Kier alpha value is 0. The van der Waals surface area contributed by atoms with E-state index in [2.05, 4.69) is 63.6 Å². The van der Waals surface area contributed by atoms with E-state index in [1.807, 2.05) is 0 Å². The average molecular weight is 346 g/mol. The fraction of sp³-hybridized carbons (Fsp3) is 0.786. The third-order valence-electron chi connectivity index (χ3n) is 3.82. The lowest BCUT2D eigenvalue weighted by atomic mass is 10.2. The van der Waals surface area contributed by atoms with Crippen LogP contribution in [0, 0.1) is 6.92 Å². The Kier molecular flexibility index (Phi) is 5.78. The first-order valence-electron chi connectivity index (χ1n) is 7.24. The molecule has 1 aliphatic rings.